The summed E-state index contributed by atoms with van der Waals surface area (Å²) < 4.78 is 5.21. The SMILES string of the molecule is C=C(NC)C1(CCC)COC1. The Morgan fingerprint density at radius 3 is 2.55 bits per heavy atom. The smallest absolute Gasteiger partial charge is 0.0599 e. The molecule has 1 aliphatic rings. The van der Waals surface area contributed by atoms with Gasteiger partial charge in [-0.1, -0.05) is 19.9 Å². The monoisotopic (exact) mass is 155 g/mol. The van der Waals surface area contributed by atoms with Gasteiger partial charge in [-0.3, -0.25) is 0 Å². The van der Waals surface area contributed by atoms with Crippen molar-refractivity contribution in [3.63, 3.8) is 0 Å². The lowest BCUT2D eigenvalue weighted by molar-refractivity contribution is -0.0962. The van der Waals surface area contributed by atoms with Crippen LogP contribution in [0.4, 0.5) is 0 Å². The summed E-state index contributed by atoms with van der Waals surface area (Å²) >= 11 is 0. The molecule has 0 aromatic rings. The molecular weight excluding hydrogens is 138 g/mol. The first-order valence-electron chi connectivity index (χ1n) is 4.20. The molecule has 1 saturated heterocycles. The van der Waals surface area contributed by atoms with Gasteiger partial charge in [-0.25, -0.2) is 0 Å². The van der Waals surface area contributed by atoms with Gasteiger partial charge in [0.15, 0.2) is 0 Å². The highest BCUT2D eigenvalue weighted by atomic mass is 16.5. The molecule has 1 fully saturated rings. The molecule has 0 radical (unpaired) electrons. The normalized spacial score (nSPS) is 20.5. The zero-order valence-electron chi connectivity index (χ0n) is 7.44. The summed E-state index contributed by atoms with van der Waals surface area (Å²) in [7, 11) is 1.93. The average Bonchev–Trinajstić information content (AvgIpc) is 1.95. The van der Waals surface area contributed by atoms with Crippen molar-refractivity contribution in [1.29, 1.82) is 0 Å². The van der Waals surface area contributed by atoms with Crippen LogP contribution in [0.3, 0.4) is 0 Å². The van der Waals surface area contributed by atoms with Crippen LogP contribution in [0.5, 0.6) is 0 Å². The molecule has 1 N–H and O–H groups in total. The molecule has 1 rings (SSSR count). The topological polar surface area (TPSA) is 21.3 Å². The first-order valence-corrected chi connectivity index (χ1v) is 4.20. The molecule has 0 atom stereocenters. The molecule has 0 aliphatic carbocycles. The predicted molar refractivity (Wildman–Crippen MR) is 46.4 cm³/mol. The Morgan fingerprint density at radius 1 is 1.64 bits per heavy atom. The van der Waals surface area contributed by atoms with Crippen LogP contribution in [0.15, 0.2) is 12.3 Å². The van der Waals surface area contributed by atoms with Crippen molar-refractivity contribution in [2.75, 3.05) is 20.3 Å². The van der Waals surface area contributed by atoms with Gasteiger partial charge in [0.25, 0.3) is 0 Å². The molecule has 0 spiro atoms. The number of hydrogen-bond donors (Lipinski definition) is 1. The molecule has 11 heavy (non-hydrogen) atoms. The Hall–Kier alpha value is -0.500. The summed E-state index contributed by atoms with van der Waals surface area (Å²) in [6, 6.07) is 0. The van der Waals surface area contributed by atoms with Crippen molar-refractivity contribution in [2.24, 2.45) is 5.41 Å². The molecule has 0 saturated carbocycles. The van der Waals surface area contributed by atoms with Gasteiger partial charge in [0, 0.05) is 12.7 Å². The third-order valence-electron chi connectivity index (χ3n) is 2.43. The molecule has 0 bridgehead atoms. The summed E-state index contributed by atoms with van der Waals surface area (Å²) in [5.74, 6) is 0. The van der Waals surface area contributed by atoms with Gasteiger partial charge in [0.1, 0.15) is 0 Å². The fraction of sp³-hybridized carbons (Fsp3) is 0.778. The number of nitrogens with one attached hydrogen (secondary N) is 1. The average molecular weight is 155 g/mol. The van der Waals surface area contributed by atoms with Gasteiger partial charge < -0.3 is 10.1 Å². The van der Waals surface area contributed by atoms with E-state index in [1.807, 2.05) is 7.05 Å². The van der Waals surface area contributed by atoms with E-state index in [0.29, 0.717) is 0 Å². The van der Waals surface area contributed by atoms with Crippen LogP contribution in [-0.2, 0) is 4.74 Å². The molecule has 1 aliphatic heterocycles. The maximum Gasteiger partial charge on any atom is 0.0599 e. The van der Waals surface area contributed by atoms with Crippen molar-refractivity contribution in [3.8, 4) is 0 Å². The second-order valence-corrected chi connectivity index (χ2v) is 3.25. The Morgan fingerprint density at radius 2 is 2.27 bits per heavy atom. The first kappa shape index (κ1) is 8.60. The van der Waals surface area contributed by atoms with Gasteiger partial charge in [-0.15, -0.1) is 0 Å². The van der Waals surface area contributed by atoms with Crippen LogP contribution in [0.2, 0.25) is 0 Å². The minimum atomic E-state index is 0.253. The standard InChI is InChI=1S/C9H17NO/c1-4-5-9(6-11-7-9)8(2)10-3/h10H,2,4-7H2,1,3H3. The maximum atomic E-state index is 5.21. The van der Waals surface area contributed by atoms with Gasteiger partial charge in [-0.2, -0.15) is 0 Å². The number of ether oxygens (including phenoxy) is 1. The molecule has 2 heteroatoms. The fourth-order valence-electron chi connectivity index (χ4n) is 1.56. The first-order chi connectivity index (χ1) is 5.25. The molecule has 0 unspecified atom stereocenters. The Bertz CT molecular complexity index is 150. The third kappa shape index (κ3) is 1.41. The second kappa shape index (κ2) is 3.26. The number of hydrogen-bond acceptors (Lipinski definition) is 2. The summed E-state index contributed by atoms with van der Waals surface area (Å²) in [5, 5.41) is 3.12. The molecule has 64 valence electrons. The summed E-state index contributed by atoms with van der Waals surface area (Å²) in [6.07, 6.45) is 2.39. The van der Waals surface area contributed by atoms with E-state index in [-0.39, 0.29) is 5.41 Å². The summed E-state index contributed by atoms with van der Waals surface area (Å²) in [6.45, 7) is 7.89. The van der Waals surface area contributed by atoms with E-state index in [4.69, 9.17) is 4.74 Å². The van der Waals surface area contributed by atoms with Crippen LogP contribution in [-0.4, -0.2) is 20.3 Å². The molecule has 1 heterocycles. The van der Waals surface area contributed by atoms with Gasteiger partial charge in [0.2, 0.25) is 0 Å². The largest absolute Gasteiger partial charge is 0.391 e. The van der Waals surface area contributed by atoms with Crippen molar-refractivity contribution >= 4 is 0 Å². The fourth-order valence-corrected chi connectivity index (χ4v) is 1.56. The van der Waals surface area contributed by atoms with E-state index in [1.165, 1.54) is 12.8 Å². The van der Waals surface area contributed by atoms with Gasteiger partial charge in [-0.05, 0) is 6.42 Å². The number of rotatable bonds is 4. The van der Waals surface area contributed by atoms with E-state index in [9.17, 15) is 0 Å². The summed E-state index contributed by atoms with van der Waals surface area (Å²) in [5.41, 5.74) is 1.38. The Kier molecular flexibility index (Phi) is 2.55. The lowest BCUT2D eigenvalue weighted by Crippen LogP contribution is -2.46. The molecular formula is C9H17NO. The van der Waals surface area contributed by atoms with Crippen LogP contribution in [0, 0.1) is 5.41 Å². The van der Waals surface area contributed by atoms with E-state index in [1.54, 1.807) is 0 Å². The van der Waals surface area contributed by atoms with E-state index < -0.39 is 0 Å². The van der Waals surface area contributed by atoms with Crippen molar-refractivity contribution < 1.29 is 4.74 Å². The van der Waals surface area contributed by atoms with Crippen LogP contribution in [0.1, 0.15) is 19.8 Å². The Balaban J connectivity index is 2.52. The van der Waals surface area contributed by atoms with E-state index >= 15 is 0 Å². The lowest BCUT2D eigenvalue weighted by Gasteiger charge is -2.42. The molecule has 0 aromatic heterocycles. The quantitative estimate of drug-likeness (QED) is 0.665. The molecule has 0 amide bonds. The lowest BCUT2D eigenvalue weighted by atomic mass is 9.79. The van der Waals surface area contributed by atoms with Crippen LogP contribution in [0.25, 0.3) is 0 Å². The molecule has 2 nitrogen and oxygen atoms in total. The highest BCUT2D eigenvalue weighted by Crippen LogP contribution is 2.37. The van der Waals surface area contributed by atoms with Crippen LogP contribution >= 0.6 is 0 Å². The maximum absolute atomic E-state index is 5.21. The highest BCUT2D eigenvalue weighted by molar-refractivity contribution is 5.11. The highest BCUT2D eigenvalue weighted by Gasteiger charge is 2.39. The minimum absolute atomic E-state index is 0.253. The van der Waals surface area contributed by atoms with E-state index in [2.05, 4.69) is 18.8 Å². The van der Waals surface area contributed by atoms with Crippen molar-refractivity contribution in [2.45, 2.75) is 19.8 Å². The zero-order chi connectivity index (χ0) is 8.32. The second-order valence-electron chi connectivity index (χ2n) is 3.25. The van der Waals surface area contributed by atoms with Gasteiger partial charge >= 0.3 is 0 Å². The van der Waals surface area contributed by atoms with Crippen molar-refractivity contribution in [1.82, 2.24) is 5.32 Å². The van der Waals surface area contributed by atoms with Gasteiger partial charge in [0.05, 0.1) is 18.6 Å². The molecule has 0 aromatic carbocycles. The van der Waals surface area contributed by atoms with E-state index in [0.717, 1.165) is 18.9 Å². The van der Waals surface area contributed by atoms with Crippen LogP contribution < -0.4 is 5.32 Å². The minimum Gasteiger partial charge on any atom is -0.391 e. The predicted octanol–water partition coefficient (Wildman–Crippen LogP) is 1.54. The van der Waals surface area contributed by atoms with Crippen molar-refractivity contribution in [3.05, 3.63) is 12.3 Å². The zero-order valence-corrected chi connectivity index (χ0v) is 7.44. The third-order valence-corrected chi connectivity index (χ3v) is 2.43. The summed E-state index contributed by atoms with van der Waals surface area (Å²) in [4.78, 5) is 0. The Labute approximate surface area is 68.6 Å².